The first kappa shape index (κ1) is 12.2. The minimum absolute atomic E-state index is 0.297. The topological polar surface area (TPSA) is 41.1 Å². The quantitative estimate of drug-likeness (QED) is 0.870. The Hall–Kier alpha value is -1.23. The lowest BCUT2D eigenvalue weighted by atomic mass is 10.1. The lowest BCUT2D eigenvalue weighted by Crippen LogP contribution is -2.37. The number of nitrogens with one attached hydrogen (secondary N) is 1. The van der Waals surface area contributed by atoms with Gasteiger partial charge in [0.2, 0.25) is 0 Å². The van der Waals surface area contributed by atoms with Crippen LogP contribution in [0.4, 0.5) is 10.2 Å². The number of aryl methyl sites for hydroxylation is 1. The Kier molecular flexibility index (Phi) is 3.89. The summed E-state index contributed by atoms with van der Waals surface area (Å²) in [5.41, 5.74) is 0.482. The van der Waals surface area contributed by atoms with Crippen molar-refractivity contribution in [2.45, 2.75) is 32.2 Å². The number of halogens is 1. The van der Waals surface area contributed by atoms with Crippen LogP contribution in [0.25, 0.3) is 0 Å². The molecule has 1 aliphatic rings. The Balaban J connectivity index is 2.03. The summed E-state index contributed by atoms with van der Waals surface area (Å²) >= 11 is 0. The Bertz CT molecular complexity index is 375. The van der Waals surface area contributed by atoms with Crippen molar-refractivity contribution in [1.29, 1.82) is 0 Å². The van der Waals surface area contributed by atoms with Crippen molar-refractivity contribution in [2.24, 2.45) is 0 Å². The highest BCUT2D eigenvalue weighted by Gasteiger charge is 2.19. The third-order valence-corrected chi connectivity index (χ3v) is 3.26. The van der Waals surface area contributed by atoms with Gasteiger partial charge in [-0.15, -0.1) is 0 Å². The van der Waals surface area contributed by atoms with Crippen molar-refractivity contribution in [3.05, 3.63) is 17.8 Å². The molecule has 1 aliphatic heterocycles. The summed E-state index contributed by atoms with van der Waals surface area (Å²) < 4.78 is 13.9. The van der Waals surface area contributed by atoms with Crippen molar-refractivity contribution >= 4 is 5.82 Å². The average molecular weight is 238 g/mol. The van der Waals surface area contributed by atoms with E-state index in [2.05, 4.69) is 27.2 Å². The molecule has 0 saturated carbocycles. The number of likely N-dealkylation sites (tertiary alicyclic amines) is 1. The molecule has 0 radical (unpaired) electrons. The van der Waals surface area contributed by atoms with Crippen molar-refractivity contribution < 1.29 is 4.39 Å². The second-order valence-corrected chi connectivity index (χ2v) is 4.56. The number of hydrogen-bond donors (Lipinski definition) is 1. The number of rotatable bonds is 3. The van der Waals surface area contributed by atoms with Crippen LogP contribution in [-0.4, -0.2) is 41.0 Å². The molecule has 2 heterocycles. The third kappa shape index (κ3) is 2.91. The second kappa shape index (κ2) is 5.40. The molecule has 0 aliphatic carbocycles. The summed E-state index contributed by atoms with van der Waals surface area (Å²) in [7, 11) is 2.11. The van der Waals surface area contributed by atoms with Crippen LogP contribution in [0.3, 0.4) is 0 Å². The average Bonchev–Trinajstić information content (AvgIpc) is 2.35. The molecule has 0 atom stereocenters. The zero-order valence-electron chi connectivity index (χ0n) is 10.4. The van der Waals surface area contributed by atoms with Gasteiger partial charge in [-0.1, -0.05) is 6.92 Å². The molecular formula is C12H19FN4. The Labute approximate surface area is 101 Å². The number of aromatic nitrogens is 2. The van der Waals surface area contributed by atoms with Crippen LogP contribution in [-0.2, 0) is 6.42 Å². The number of piperidine rings is 1. The molecule has 2 rings (SSSR count). The maximum absolute atomic E-state index is 13.9. The van der Waals surface area contributed by atoms with Gasteiger partial charge in [0.25, 0.3) is 0 Å². The van der Waals surface area contributed by atoms with Crippen LogP contribution in [0.15, 0.2) is 6.33 Å². The van der Waals surface area contributed by atoms with E-state index in [-0.39, 0.29) is 5.82 Å². The Morgan fingerprint density at radius 1 is 1.41 bits per heavy atom. The lowest BCUT2D eigenvalue weighted by Gasteiger charge is -2.29. The molecule has 1 aromatic heterocycles. The zero-order valence-corrected chi connectivity index (χ0v) is 10.4. The summed E-state index contributed by atoms with van der Waals surface area (Å²) in [5, 5.41) is 3.19. The van der Waals surface area contributed by atoms with Crippen molar-refractivity contribution in [2.75, 3.05) is 25.5 Å². The molecule has 4 nitrogen and oxygen atoms in total. The summed E-state index contributed by atoms with van der Waals surface area (Å²) in [5.74, 6) is 0.0559. The molecule has 0 unspecified atom stereocenters. The van der Waals surface area contributed by atoms with E-state index in [1.54, 1.807) is 0 Å². The van der Waals surface area contributed by atoms with E-state index in [1.165, 1.54) is 6.33 Å². The summed E-state index contributed by atoms with van der Waals surface area (Å²) in [6.45, 7) is 3.99. The summed E-state index contributed by atoms with van der Waals surface area (Å²) in [4.78, 5) is 10.2. The number of nitrogens with zero attached hydrogens (tertiary/aromatic N) is 3. The number of anilines is 1. The molecule has 0 spiro atoms. The fraction of sp³-hybridized carbons (Fsp3) is 0.667. The van der Waals surface area contributed by atoms with Crippen molar-refractivity contribution in [3.63, 3.8) is 0 Å². The highest BCUT2D eigenvalue weighted by molar-refractivity contribution is 5.38. The Morgan fingerprint density at radius 3 is 2.76 bits per heavy atom. The molecule has 0 amide bonds. The smallest absolute Gasteiger partial charge is 0.186 e. The van der Waals surface area contributed by atoms with Gasteiger partial charge < -0.3 is 10.2 Å². The molecule has 1 fully saturated rings. The van der Waals surface area contributed by atoms with E-state index in [4.69, 9.17) is 0 Å². The fourth-order valence-electron chi connectivity index (χ4n) is 2.10. The summed E-state index contributed by atoms with van der Waals surface area (Å²) in [6, 6.07) is 0.320. The fourth-order valence-corrected chi connectivity index (χ4v) is 2.10. The van der Waals surface area contributed by atoms with Gasteiger partial charge in [0.1, 0.15) is 6.33 Å². The van der Waals surface area contributed by atoms with Gasteiger partial charge in [0.05, 0.1) is 5.69 Å². The first-order valence-electron chi connectivity index (χ1n) is 6.15. The molecular weight excluding hydrogens is 219 g/mol. The maximum Gasteiger partial charge on any atom is 0.186 e. The molecule has 5 heteroatoms. The second-order valence-electron chi connectivity index (χ2n) is 4.56. The van der Waals surface area contributed by atoms with Gasteiger partial charge in [0.15, 0.2) is 11.6 Å². The molecule has 1 N–H and O–H groups in total. The van der Waals surface area contributed by atoms with Gasteiger partial charge in [0, 0.05) is 6.04 Å². The van der Waals surface area contributed by atoms with Crippen molar-refractivity contribution in [3.8, 4) is 0 Å². The van der Waals surface area contributed by atoms with E-state index < -0.39 is 0 Å². The van der Waals surface area contributed by atoms with Crippen LogP contribution < -0.4 is 5.32 Å². The van der Waals surface area contributed by atoms with Crippen LogP contribution in [0, 0.1) is 5.82 Å². The highest BCUT2D eigenvalue weighted by atomic mass is 19.1. The largest absolute Gasteiger partial charge is 0.365 e. The first-order valence-corrected chi connectivity index (χ1v) is 6.15. The van der Waals surface area contributed by atoms with E-state index in [0.717, 1.165) is 25.9 Å². The van der Waals surface area contributed by atoms with Crippen LogP contribution >= 0.6 is 0 Å². The molecule has 0 bridgehead atoms. The maximum atomic E-state index is 13.9. The molecule has 1 saturated heterocycles. The van der Waals surface area contributed by atoms with Gasteiger partial charge in [-0.25, -0.2) is 14.4 Å². The highest BCUT2D eigenvalue weighted by Crippen LogP contribution is 2.18. The first-order chi connectivity index (χ1) is 8.20. The normalized spacial score (nSPS) is 18.3. The van der Waals surface area contributed by atoms with Gasteiger partial charge in [-0.05, 0) is 39.4 Å². The lowest BCUT2D eigenvalue weighted by molar-refractivity contribution is 0.263. The Morgan fingerprint density at radius 2 is 2.12 bits per heavy atom. The van der Waals surface area contributed by atoms with E-state index >= 15 is 0 Å². The SMILES string of the molecule is CCc1ncnc(NC2CCN(C)CC2)c1F. The van der Waals surface area contributed by atoms with Crippen LogP contribution in [0.1, 0.15) is 25.5 Å². The van der Waals surface area contributed by atoms with E-state index in [0.29, 0.717) is 24.0 Å². The van der Waals surface area contributed by atoms with Crippen LogP contribution in [0.2, 0.25) is 0 Å². The predicted molar refractivity (Wildman–Crippen MR) is 65.5 cm³/mol. The monoisotopic (exact) mass is 238 g/mol. The molecule has 94 valence electrons. The third-order valence-electron chi connectivity index (χ3n) is 3.26. The summed E-state index contributed by atoms with van der Waals surface area (Å²) in [6.07, 6.45) is 4.08. The van der Waals surface area contributed by atoms with Crippen molar-refractivity contribution in [1.82, 2.24) is 14.9 Å². The molecule has 0 aromatic carbocycles. The van der Waals surface area contributed by atoms with Gasteiger partial charge in [-0.2, -0.15) is 0 Å². The van der Waals surface area contributed by atoms with Gasteiger partial charge >= 0.3 is 0 Å². The molecule has 17 heavy (non-hydrogen) atoms. The molecule has 1 aromatic rings. The van der Waals surface area contributed by atoms with Crippen LogP contribution in [0.5, 0.6) is 0 Å². The van der Waals surface area contributed by atoms with Gasteiger partial charge in [-0.3, -0.25) is 0 Å². The minimum Gasteiger partial charge on any atom is -0.365 e. The van der Waals surface area contributed by atoms with E-state index in [9.17, 15) is 4.39 Å². The predicted octanol–water partition coefficient (Wildman–Crippen LogP) is 1.68. The standard InChI is InChI=1S/C12H19FN4/c1-3-10-11(13)12(15-8-14-10)16-9-4-6-17(2)7-5-9/h8-9H,3-7H2,1-2H3,(H,14,15,16). The minimum atomic E-state index is -0.297. The zero-order chi connectivity index (χ0) is 12.3. The van der Waals surface area contributed by atoms with E-state index in [1.807, 2.05) is 6.92 Å². The number of hydrogen-bond acceptors (Lipinski definition) is 4.